The second-order valence-corrected chi connectivity index (χ2v) is 4.54. The first-order valence-corrected chi connectivity index (χ1v) is 5.77. The van der Waals surface area contributed by atoms with Crippen LogP contribution in [-0.2, 0) is 9.59 Å². The predicted octanol–water partition coefficient (Wildman–Crippen LogP) is 0.105. The number of aliphatic hydroxyl groups is 1. The summed E-state index contributed by atoms with van der Waals surface area (Å²) in [4.78, 5) is 24.2. The fourth-order valence-corrected chi connectivity index (χ4v) is 2.09. The Labute approximate surface area is 87.7 Å². The number of aliphatic hydroxyl groups excluding tert-OH is 1. The fourth-order valence-electron chi connectivity index (χ4n) is 1.37. The van der Waals surface area contributed by atoms with Crippen molar-refractivity contribution in [2.45, 2.75) is 19.9 Å². The predicted molar refractivity (Wildman–Crippen MR) is 54.9 cm³/mol. The molecule has 5 heteroatoms. The molecule has 1 N–H and O–H groups in total. The maximum atomic E-state index is 11.5. The Balaban J connectivity index is 2.72. The van der Waals surface area contributed by atoms with E-state index < -0.39 is 0 Å². The van der Waals surface area contributed by atoms with Crippen LogP contribution in [0.3, 0.4) is 0 Å². The minimum absolute atomic E-state index is 0.00856. The minimum Gasteiger partial charge on any atom is -0.396 e. The molecule has 0 bridgehead atoms. The topological polar surface area (TPSA) is 57.6 Å². The summed E-state index contributed by atoms with van der Waals surface area (Å²) in [6.45, 7) is 3.62. The number of carbonyl (C=O) groups is 2. The van der Waals surface area contributed by atoms with Gasteiger partial charge in [0, 0.05) is 12.6 Å². The number of hydrogen-bond donors (Lipinski definition) is 1. The molecule has 1 aliphatic rings. The molecular weight excluding hydrogens is 202 g/mol. The van der Waals surface area contributed by atoms with Gasteiger partial charge in [0.25, 0.3) is 0 Å². The molecule has 1 rings (SSSR count). The molecular formula is C9H15NO3S. The number of hydrogen-bond acceptors (Lipinski definition) is 4. The zero-order chi connectivity index (χ0) is 10.7. The van der Waals surface area contributed by atoms with Crippen molar-refractivity contribution in [2.75, 3.05) is 18.1 Å². The van der Waals surface area contributed by atoms with E-state index in [2.05, 4.69) is 0 Å². The van der Waals surface area contributed by atoms with Gasteiger partial charge in [-0.05, 0) is 12.8 Å². The molecule has 4 nitrogen and oxygen atoms in total. The van der Waals surface area contributed by atoms with Crippen molar-refractivity contribution >= 4 is 23.6 Å². The van der Waals surface area contributed by atoms with Crippen LogP contribution in [0.2, 0.25) is 0 Å². The second-order valence-electron chi connectivity index (χ2n) is 3.55. The van der Waals surface area contributed by atoms with Crippen LogP contribution in [0.15, 0.2) is 0 Å². The molecule has 0 aliphatic carbocycles. The summed E-state index contributed by atoms with van der Waals surface area (Å²) in [5.41, 5.74) is 0. The van der Waals surface area contributed by atoms with Gasteiger partial charge in [-0.15, -0.1) is 11.8 Å². The van der Waals surface area contributed by atoms with Crippen LogP contribution < -0.4 is 0 Å². The number of rotatable bonds is 3. The third-order valence-corrected chi connectivity index (χ3v) is 3.41. The van der Waals surface area contributed by atoms with Crippen molar-refractivity contribution in [1.29, 1.82) is 0 Å². The number of thioether (sulfide) groups is 1. The molecule has 1 heterocycles. The Morgan fingerprint density at radius 1 is 1.36 bits per heavy atom. The molecule has 0 aromatic rings. The molecule has 2 amide bonds. The summed E-state index contributed by atoms with van der Waals surface area (Å²) in [6.07, 6.45) is 0. The highest BCUT2D eigenvalue weighted by Gasteiger charge is 2.32. The lowest BCUT2D eigenvalue weighted by Crippen LogP contribution is -2.50. The van der Waals surface area contributed by atoms with E-state index in [0.717, 1.165) is 0 Å². The Morgan fingerprint density at radius 2 is 1.86 bits per heavy atom. The molecule has 0 saturated carbocycles. The molecule has 0 radical (unpaired) electrons. The Morgan fingerprint density at radius 3 is 2.29 bits per heavy atom. The third kappa shape index (κ3) is 2.27. The van der Waals surface area contributed by atoms with Gasteiger partial charge in [-0.1, -0.05) is 6.92 Å². The van der Waals surface area contributed by atoms with Crippen LogP contribution in [0.1, 0.15) is 13.8 Å². The lowest BCUT2D eigenvalue weighted by Gasteiger charge is -2.33. The Hall–Kier alpha value is -0.550. The Kier molecular flexibility index (Phi) is 3.95. The lowest BCUT2D eigenvalue weighted by atomic mass is 10.0. The van der Waals surface area contributed by atoms with Crippen molar-refractivity contribution in [2.24, 2.45) is 5.92 Å². The normalized spacial score (nSPS) is 22.4. The minimum atomic E-state index is -0.208. The first kappa shape index (κ1) is 11.5. The summed E-state index contributed by atoms with van der Waals surface area (Å²) in [6, 6.07) is -0.208. The molecule has 2 atom stereocenters. The third-order valence-electron chi connectivity index (χ3n) is 2.51. The van der Waals surface area contributed by atoms with Gasteiger partial charge in [-0.3, -0.25) is 14.5 Å². The molecule has 14 heavy (non-hydrogen) atoms. The van der Waals surface area contributed by atoms with E-state index in [9.17, 15) is 9.59 Å². The monoisotopic (exact) mass is 217 g/mol. The standard InChI is InChI=1S/C9H15NO3S/c1-6(3-11)7(2)10-8(12)4-14-5-9(10)13/h6-7,11H,3-5H2,1-2H3. The van der Waals surface area contributed by atoms with E-state index >= 15 is 0 Å². The first-order chi connectivity index (χ1) is 6.57. The zero-order valence-electron chi connectivity index (χ0n) is 8.40. The summed E-state index contributed by atoms with van der Waals surface area (Å²) in [7, 11) is 0. The van der Waals surface area contributed by atoms with Gasteiger partial charge >= 0.3 is 0 Å². The molecule has 1 aliphatic heterocycles. The molecule has 80 valence electrons. The maximum Gasteiger partial charge on any atom is 0.239 e. The quantitative estimate of drug-likeness (QED) is 0.681. The van der Waals surface area contributed by atoms with Gasteiger partial charge in [0.05, 0.1) is 11.5 Å². The molecule has 2 unspecified atom stereocenters. The average Bonchev–Trinajstić information content (AvgIpc) is 2.16. The van der Waals surface area contributed by atoms with Gasteiger partial charge in [0.1, 0.15) is 0 Å². The van der Waals surface area contributed by atoms with Gasteiger partial charge in [0.15, 0.2) is 0 Å². The maximum absolute atomic E-state index is 11.5. The number of amides is 2. The van der Waals surface area contributed by atoms with Crippen LogP contribution in [-0.4, -0.2) is 46.0 Å². The van der Waals surface area contributed by atoms with E-state index in [0.29, 0.717) is 11.5 Å². The lowest BCUT2D eigenvalue weighted by molar-refractivity contribution is -0.146. The Bertz CT molecular complexity index is 228. The SMILES string of the molecule is CC(CO)C(C)N1C(=O)CSCC1=O. The van der Waals surface area contributed by atoms with E-state index in [4.69, 9.17) is 5.11 Å². The number of nitrogens with zero attached hydrogens (tertiary/aromatic N) is 1. The summed E-state index contributed by atoms with van der Waals surface area (Å²) < 4.78 is 0. The van der Waals surface area contributed by atoms with E-state index in [1.165, 1.54) is 16.7 Å². The van der Waals surface area contributed by atoms with Crippen LogP contribution in [0.25, 0.3) is 0 Å². The van der Waals surface area contributed by atoms with Crippen LogP contribution in [0, 0.1) is 5.92 Å². The van der Waals surface area contributed by atoms with Crippen molar-refractivity contribution in [1.82, 2.24) is 4.90 Å². The van der Waals surface area contributed by atoms with Crippen LogP contribution in [0.5, 0.6) is 0 Å². The highest BCUT2D eigenvalue weighted by Crippen LogP contribution is 2.18. The second kappa shape index (κ2) is 4.79. The van der Waals surface area contributed by atoms with Crippen LogP contribution in [0.4, 0.5) is 0 Å². The van der Waals surface area contributed by atoms with Crippen molar-refractivity contribution in [3.05, 3.63) is 0 Å². The largest absolute Gasteiger partial charge is 0.396 e. The number of carbonyl (C=O) groups excluding carboxylic acids is 2. The van der Waals surface area contributed by atoms with Gasteiger partial charge in [-0.25, -0.2) is 0 Å². The smallest absolute Gasteiger partial charge is 0.239 e. The fraction of sp³-hybridized carbons (Fsp3) is 0.778. The van der Waals surface area contributed by atoms with E-state index in [-0.39, 0.29) is 30.4 Å². The molecule has 0 spiro atoms. The summed E-state index contributed by atoms with van der Waals surface area (Å²) in [5.74, 6) is 0.395. The van der Waals surface area contributed by atoms with Crippen LogP contribution >= 0.6 is 11.8 Å². The molecule has 1 fully saturated rings. The first-order valence-electron chi connectivity index (χ1n) is 4.61. The molecule has 1 saturated heterocycles. The van der Waals surface area contributed by atoms with E-state index in [1.54, 1.807) is 6.92 Å². The van der Waals surface area contributed by atoms with Crippen molar-refractivity contribution in [3.63, 3.8) is 0 Å². The summed E-state index contributed by atoms with van der Waals surface area (Å²) in [5, 5.41) is 8.95. The zero-order valence-corrected chi connectivity index (χ0v) is 9.21. The van der Waals surface area contributed by atoms with Crippen molar-refractivity contribution < 1.29 is 14.7 Å². The van der Waals surface area contributed by atoms with Gasteiger partial charge in [-0.2, -0.15) is 0 Å². The molecule has 0 aromatic heterocycles. The van der Waals surface area contributed by atoms with Gasteiger partial charge < -0.3 is 5.11 Å². The molecule has 0 aromatic carbocycles. The highest BCUT2D eigenvalue weighted by molar-refractivity contribution is 8.00. The average molecular weight is 217 g/mol. The van der Waals surface area contributed by atoms with E-state index in [1.807, 2.05) is 6.92 Å². The highest BCUT2D eigenvalue weighted by atomic mass is 32.2. The summed E-state index contributed by atoms with van der Waals surface area (Å²) >= 11 is 1.35. The number of imide groups is 1. The van der Waals surface area contributed by atoms with Gasteiger partial charge in [0.2, 0.25) is 11.8 Å². The van der Waals surface area contributed by atoms with Crippen molar-refractivity contribution in [3.8, 4) is 0 Å².